The van der Waals surface area contributed by atoms with Crippen LogP contribution in [-0.2, 0) is 6.54 Å². The topological polar surface area (TPSA) is 34.0 Å². The van der Waals surface area contributed by atoms with Crippen molar-refractivity contribution in [3.8, 4) is 0 Å². The number of amides is 1. The Balaban J connectivity index is 2.57. The first kappa shape index (κ1) is 14.9. The maximum absolute atomic E-state index is 12.6. The average molecular weight is 349 g/mol. The molecule has 0 aliphatic rings. The van der Waals surface area contributed by atoms with E-state index in [-0.39, 0.29) is 11.5 Å². The lowest BCUT2D eigenvalue weighted by Gasteiger charge is -2.08. The summed E-state index contributed by atoms with van der Waals surface area (Å²) in [4.78, 5) is 11.9. The van der Waals surface area contributed by atoms with Gasteiger partial charge in [-0.1, -0.05) is 22.0 Å². The van der Waals surface area contributed by atoms with Crippen molar-refractivity contribution in [1.29, 1.82) is 0 Å². The molecular weight excluding hydrogens is 337 g/mol. The third-order valence-electron chi connectivity index (χ3n) is 2.78. The fourth-order valence-electron chi connectivity index (χ4n) is 2.03. The van der Waals surface area contributed by atoms with Gasteiger partial charge in [-0.3, -0.25) is 4.79 Å². The summed E-state index contributed by atoms with van der Waals surface area (Å²) in [6.45, 7) is 1.05. The molecule has 108 valence electrons. The summed E-state index contributed by atoms with van der Waals surface area (Å²) in [7, 11) is 0. The molecule has 1 N–H and O–H groups in total. The summed E-state index contributed by atoms with van der Waals surface area (Å²) in [5.41, 5.74) is 0.622. The van der Waals surface area contributed by atoms with Gasteiger partial charge in [-0.15, -0.1) is 0 Å². The highest BCUT2D eigenvalue weighted by molar-refractivity contribution is 9.10. The molecule has 0 atom stereocenters. The SMILES string of the molecule is CCNC(=O)c1cn(CC(F)(F)F)c2cc(Br)ccc12. The number of rotatable bonds is 3. The molecule has 0 fully saturated rings. The van der Waals surface area contributed by atoms with Gasteiger partial charge in [0.2, 0.25) is 0 Å². The number of fused-ring (bicyclic) bond motifs is 1. The number of carbonyl (C=O) groups is 1. The van der Waals surface area contributed by atoms with E-state index in [1.54, 1.807) is 25.1 Å². The van der Waals surface area contributed by atoms with Crippen molar-refractivity contribution in [3.63, 3.8) is 0 Å². The fourth-order valence-corrected chi connectivity index (χ4v) is 2.37. The van der Waals surface area contributed by atoms with Gasteiger partial charge in [0.05, 0.1) is 11.1 Å². The number of aromatic nitrogens is 1. The van der Waals surface area contributed by atoms with E-state index < -0.39 is 12.7 Å². The first-order valence-electron chi connectivity index (χ1n) is 5.95. The van der Waals surface area contributed by atoms with Crippen LogP contribution in [0.3, 0.4) is 0 Å². The van der Waals surface area contributed by atoms with Crippen LogP contribution in [0.2, 0.25) is 0 Å². The molecule has 1 amide bonds. The van der Waals surface area contributed by atoms with E-state index in [1.165, 1.54) is 6.20 Å². The Labute approximate surface area is 121 Å². The Hall–Kier alpha value is -1.50. The van der Waals surface area contributed by atoms with Crippen LogP contribution in [0.15, 0.2) is 28.9 Å². The van der Waals surface area contributed by atoms with Crippen molar-refractivity contribution in [2.75, 3.05) is 6.54 Å². The largest absolute Gasteiger partial charge is 0.406 e. The van der Waals surface area contributed by atoms with Gasteiger partial charge < -0.3 is 9.88 Å². The number of benzene rings is 1. The highest BCUT2D eigenvalue weighted by Gasteiger charge is 2.29. The number of hydrogen-bond acceptors (Lipinski definition) is 1. The van der Waals surface area contributed by atoms with Crippen molar-refractivity contribution >= 4 is 32.7 Å². The third kappa shape index (κ3) is 3.15. The number of alkyl halides is 3. The molecule has 0 unspecified atom stereocenters. The fraction of sp³-hybridized carbons (Fsp3) is 0.308. The molecule has 0 saturated carbocycles. The highest BCUT2D eigenvalue weighted by Crippen LogP contribution is 2.28. The molecule has 1 aromatic heterocycles. The second kappa shape index (κ2) is 5.47. The Morgan fingerprint density at radius 2 is 2.10 bits per heavy atom. The van der Waals surface area contributed by atoms with Crippen LogP contribution in [0, 0.1) is 0 Å². The lowest BCUT2D eigenvalue weighted by molar-refractivity contribution is -0.139. The second-order valence-corrected chi connectivity index (χ2v) is 5.22. The zero-order valence-electron chi connectivity index (χ0n) is 10.6. The average Bonchev–Trinajstić information content (AvgIpc) is 2.66. The Morgan fingerprint density at radius 1 is 1.40 bits per heavy atom. The molecular formula is C13H12BrF3N2O. The molecule has 0 radical (unpaired) electrons. The molecule has 0 aliphatic carbocycles. The van der Waals surface area contributed by atoms with E-state index >= 15 is 0 Å². The molecule has 7 heteroatoms. The van der Waals surface area contributed by atoms with Crippen LogP contribution in [0.5, 0.6) is 0 Å². The molecule has 1 heterocycles. The normalized spacial score (nSPS) is 11.8. The minimum absolute atomic E-state index is 0.249. The number of hydrogen-bond donors (Lipinski definition) is 1. The number of nitrogens with zero attached hydrogens (tertiary/aromatic N) is 1. The molecule has 3 nitrogen and oxygen atoms in total. The molecule has 20 heavy (non-hydrogen) atoms. The zero-order valence-corrected chi connectivity index (χ0v) is 12.2. The van der Waals surface area contributed by atoms with Crippen LogP contribution in [0.1, 0.15) is 17.3 Å². The first-order chi connectivity index (χ1) is 9.31. The van der Waals surface area contributed by atoms with Gasteiger partial charge in [-0.2, -0.15) is 13.2 Å². The lowest BCUT2D eigenvalue weighted by atomic mass is 10.1. The lowest BCUT2D eigenvalue weighted by Crippen LogP contribution is -2.22. The van der Waals surface area contributed by atoms with Gasteiger partial charge in [0, 0.05) is 22.6 Å². The summed E-state index contributed by atoms with van der Waals surface area (Å²) in [6, 6.07) is 4.91. The van der Waals surface area contributed by atoms with Crippen LogP contribution in [0.25, 0.3) is 10.9 Å². The van der Waals surface area contributed by atoms with Crippen molar-refractivity contribution in [2.45, 2.75) is 19.6 Å². The van der Waals surface area contributed by atoms with E-state index in [1.807, 2.05) is 0 Å². The molecule has 2 aromatic rings. The van der Waals surface area contributed by atoms with E-state index in [4.69, 9.17) is 0 Å². The maximum Gasteiger partial charge on any atom is 0.406 e. The number of nitrogens with one attached hydrogen (secondary N) is 1. The molecule has 0 saturated heterocycles. The van der Waals surface area contributed by atoms with E-state index in [0.29, 0.717) is 21.9 Å². The van der Waals surface area contributed by atoms with Crippen molar-refractivity contribution in [3.05, 3.63) is 34.4 Å². The molecule has 1 aromatic carbocycles. The van der Waals surface area contributed by atoms with Gasteiger partial charge in [0.1, 0.15) is 6.54 Å². The van der Waals surface area contributed by atoms with Gasteiger partial charge in [-0.05, 0) is 19.1 Å². The summed E-state index contributed by atoms with van der Waals surface area (Å²) >= 11 is 3.23. The number of halogens is 4. The zero-order chi connectivity index (χ0) is 14.9. The first-order valence-corrected chi connectivity index (χ1v) is 6.74. The Kier molecular flexibility index (Phi) is 4.08. The quantitative estimate of drug-likeness (QED) is 0.901. The minimum Gasteiger partial charge on any atom is -0.352 e. The molecule has 2 rings (SSSR count). The van der Waals surface area contributed by atoms with Gasteiger partial charge in [0.25, 0.3) is 5.91 Å². The van der Waals surface area contributed by atoms with Crippen LogP contribution < -0.4 is 5.32 Å². The standard InChI is InChI=1S/C13H12BrF3N2O/c1-2-18-12(20)10-6-19(7-13(15,16)17)11-5-8(14)3-4-9(10)11/h3-6H,2,7H2,1H3,(H,18,20). The third-order valence-corrected chi connectivity index (χ3v) is 3.27. The summed E-state index contributed by atoms with van der Waals surface area (Å²) < 4.78 is 39.5. The smallest absolute Gasteiger partial charge is 0.352 e. The van der Waals surface area contributed by atoms with Crippen molar-refractivity contribution < 1.29 is 18.0 Å². The Morgan fingerprint density at radius 3 is 2.70 bits per heavy atom. The number of carbonyl (C=O) groups excluding carboxylic acids is 1. The van der Waals surface area contributed by atoms with Gasteiger partial charge in [0.15, 0.2) is 0 Å². The van der Waals surface area contributed by atoms with Crippen molar-refractivity contribution in [1.82, 2.24) is 9.88 Å². The second-order valence-electron chi connectivity index (χ2n) is 4.31. The highest BCUT2D eigenvalue weighted by atomic mass is 79.9. The Bertz CT molecular complexity index is 649. The molecule has 0 spiro atoms. The monoisotopic (exact) mass is 348 g/mol. The van der Waals surface area contributed by atoms with Gasteiger partial charge in [-0.25, -0.2) is 0 Å². The molecule has 0 bridgehead atoms. The predicted molar refractivity (Wildman–Crippen MR) is 73.7 cm³/mol. The molecule has 0 aliphatic heterocycles. The van der Waals surface area contributed by atoms with Crippen LogP contribution >= 0.6 is 15.9 Å². The van der Waals surface area contributed by atoms with E-state index in [9.17, 15) is 18.0 Å². The summed E-state index contributed by atoms with van der Waals surface area (Å²) in [6.07, 6.45) is -3.09. The summed E-state index contributed by atoms with van der Waals surface area (Å²) in [5, 5.41) is 3.10. The van der Waals surface area contributed by atoms with Gasteiger partial charge >= 0.3 is 6.18 Å². The minimum atomic E-state index is -4.34. The van der Waals surface area contributed by atoms with E-state index in [2.05, 4.69) is 21.2 Å². The van der Waals surface area contributed by atoms with E-state index in [0.717, 1.165) is 4.57 Å². The predicted octanol–water partition coefficient (Wildman–Crippen LogP) is 3.72. The maximum atomic E-state index is 12.6. The van der Waals surface area contributed by atoms with Crippen LogP contribution in [-0.4, -0.2) is 23.2 Å². The van der Waals surface area contributed by atoms with Crippen molar-refractivity contribution in [2.24, 2.45) is 0 Å². The van der Waals surface area contributed by atoms with Crippen LogP contribution in [0.4, 0.5) is 13.2 Å². The summed E-state index contributed by atoms with van der Waals surface area (Å²) in [5.74, 6) is -0.374.